The normalized spacial score (nSPS) is 18.0. The molecule has 2 aliphatic rings. The molecule has 1 aliphatic heterocycles. The van der Waals surface area contributed by atoms with Gasteiger partial charge in [-0.3, -0.25) is 9.78 Å². The number of benzene rings is 1. The molecule has 0 atom stereocenters. The van der Waals surface area contributed by atoms with Gasteiger partial charge in [-0.05, 0) is 37.8 Å². The Morgan fingerprint density at radius 2 is 1.75 bits per heavy atom. The van der Waals surface area contributed by atoms with E-state index in [0.29, 0.717) is 5.92 Å². The summed E-state index contributed by atoms with van der Waals surface area (Å²) < 4.78 is 0. The molecule has 2 fully saturated rings. The molecule has 1 saturated carbocycles. The number of para-hydroxylation sites is 1. The van der Waals surface area contributed by atoms with Crippen LogP contribution >= 0.6 is 24.8 Å². The van der Waals surface area contributed by atoms with Crippen LogP contribution in [0.3, 0.4) is 0 Å². The first-order chi connectivity index (χ1) is 10.7. The van der Waals surface area contributed by atoms with Crippen LogP contribution < -0.4 is 5.73 Å². The minimum Gasteiger partial charge on any atom is -0.339 e. The molecule has 1 saturated heterocycles. The van der Waals surface area contributed by atoms with E-state index in [-0.39, 0.29) is 36.8 Å². The second kappa shape index (κ2) is 7.68. The zero-order chi connectivity index (χ0) is 15.1. The molecule has 0 spiro atoms. The minimum atomic E-state index is 0. The average molecular weight is 368 g/mol. The van der Waals surface area contributed by atoms with Crippen molar-refractivity contribution in [3.05, 3.63) is 41.6 Å². The van der Waals surface area contributed by atoms with Crippen molar-refractivity contribution in [3.63, 3.8) is 0 Å². The summed E-state index contributed by atoms with van der Waals surface area (Å²) in [6.07, 6.45) is 4.17. The van der Waals surface area contributed by atoms with Gasteiger partial charge < -0.3 is 10.6 Å². The molecule has 0 unspecified atom stereocenters. The van der Waals surface area contributed by atoms with E-state index >= 15 is 0 Å². The van der Waals surface area contributed by atoms with E-state index in [1.165, 1.54) is 12.8 Å². The fourth-order valence-corrected chi connectivity index (χ4v) is 3.23. The number of pyridine rings is 1. The maximum atomic E-state index is 13.0. The van der Waals surface area contributed by atoms with Crippen molar-refractivity contribution < 1.29 is 4.79 Å². The van der Waals surface area contributed by atoms with Crippen LogP contribution in [0.5, 0.6) is 0 Å². The van der Waals surface area contributed by atoms with Crippen molar-refractivity contribution in [2.45, 2.75) is 37.6 Å². The number of nitrogens with zero attached hydrogens (tertiary/aromatic N) is 2. The Hall–Kier alpha value is -1.36. The molecule has 4 rings (SSSR count). The highest BCUT2D eigenvalue weighted by molar-refractivity contribution is 6.06. The van der Waals surface area contributed by atoms with Crippen LogP contribution in [-0.2, 0) is 0 Å². The number of fused-ring (bicyclic) bond motifs is 1. The third-order valence-electron chi connectivity index (χ3n) is 4.79. The maximum Gasteiger partial charge on any atom is 0.254 e. The van der Waals surface area contributed by atoms with Gasteiger partial charge in [0.2, 0.25) is 0 Å². The van der Waals surface area contributed by atoms with E-state index < -0.39 is 0 Å². The van der Waals surface area contributed by atoms with Crippen molar-refractivity contribution in [1.29, 1.82) is 0 Å². The first-order valence-electron chi connectivity index (χ1n) is 8.17. The number of amides is 1. The monoisotopic (exact) mass is 367 g/mol. The minimum absolute atomic E-state index is 0. The third kappa shape index (κ3) is 3.66. The highest BCUT2D eigenvalue weighted by atomic mass is 35.5. The predicted molar refractivity (Wildman–Crippen MR) is 101 cm³/mol. The number of piperidine rings is 1. The van der Waals surface area contributed by atoms with Crippen molar-refractivity contribution in [2.75, 3.05) is 13.1 Å². The molecule has 1 aromatic heterocycles. The molecule has 4 nitrogen and oxygen atoms in total. The summed E-state index contributed by atoms with van der Waals surface area (Å²) in [5.74, 6) is 0.679. The lowest BCUT2D eigenvalue weighted by Gasteiger charge is -2.30. The quantitative estimate of drug-likeness (QED) is 0.882. The Balaban J connectivity index is 0.00000104. The molecule has 130 valence electrons. The Morgan fingerprint density at radius 3 is 2.42 bits per heavy atom. The predicted octanol–water partition coefficient (Wildman–Crippen LogP) is 3.52. The smallest absolute Gasteiger partial charge is 0.254 e. The molecule has 1 amide bonds. The van der Waals surface area contributed by atoms with Crippen LogP contribution in [0.4, 0.5) is 0 Å². The lowest BCUT2D eigenvalue weighted by atomic mass is 10.0. The summed E-state index contributed by atoms with van der Waals surface area (Å²) in [7, 11) is 0. The van der Waals surface area contributed by atoms with Crippen LogP contribution in [0.1, 0.15) is 47.7 Å². The lowest BCUT2D eigenvalue weighted by molar-refractivity contribution is 0.0716. The van der Waals surface area contributed by atoms with E-state index in [9.17, 15) is 4.79 Å². The van der Waals surface area contributed by atoms with Gasteiger partial charge in [-0.25, -0.2) is 0 Å². The number of rotatable bonds is 2. The second-order valence-electron chi connectivity index (χ2n) is 6.52. The van der Waals surface area contributed by atoms with Crippen LogP contribution in [-0.4, -0.2) is 34.9 Å². The molecule has 24 heavy (non-hydrogen) atoms. The molecule has 6 heteroatoms. The SMILES string of the molecule is Cl.Cl.NC1CCN(C(=O)c2cc(C3CC3)nc3ccccc23)CC1. The van der Waals surface area contributed by atoms with Crippen LogP contribution in [0, 0.1) is 0 Å². The van der Waals surface area contributed by atoms with Crippen LogP contribution in [0.2, 0.25) is 0 Å². The Morgan fingerprint density at radius 1 is 1.08 bits per heavy atom. The Bertz CT molecular complexity index is 725. The number of likely N-dealkylation sites (tertiary alicyclic amines) is 1. The van der Waals surface area contributed by atoms with E-state index in [4.69, 9.17) is 10.7 Å². The zero-order valence-corrected chi connectivity index (χ0v) is 15.1. The van der Waals surface area contributed by atoms with Crippen LogP contribution in [0.25, 0.3) is 10.9 Å². The van der Waals surface area contributed by atoms with Gasteiger partial charge in [0.1, 0.15) is 0 Å². The highest BCUT2D eigenvalue weighted by Crippen LogP contribution is 2.40. The summed E-state index contributed by atoms with van der Waals surface area (Å²) in [6.45, 7) is 1.52. The number of aromatic nitrogens is 1. The first kappa shape index (κ1) is 19.0. The van der Waals surface area contributed by atoms with Gasteiger partial charge in [-0.2, -0.15) is 0 Å². The van der Waals surface area contributed by atoms with Gasteiger partial charge in [-0.15, -0.1) is 24.8 Å². The molecule has 2 N–H and O–H groups in total. The van der Waals surface area contributed by atoms with E-state index in [0.717, 1.165) is 48.1 Å². The molecule has 1 aliphatic carbocycles. The molecule has 1 aromatic carbocycles. The topological polar surface area (TPSA) is 59.2 Å². The standard InChI is InChI=1S/C18H21N3O.2ClH/c19-13-7-9-21(10-8-13)18(22)15-11-17(12-5-6-12)20-16-4-2-1-3-14(15)16;;/h1-4,11-13H,5-10,19H2;2*1H. The maximum absolute atomic E-state index is 13.0. The van der Waals surface area contributed by atoms with Gasteiger partial charge in [-0.1, -0.05) is 18.2 Å². The summed E-state index contributed by atoms with van der Waals surface area (Å²) in [5, 5.41) is 0.965. The average Bonchev–Trinajstić information content (AvgIpc) is 3.39. The summed E-state index contributed by atoms with van der Waals surface area (Å²) >= 11 is 0. The molecule has 0 bridgehead atoms. The van der Waals surface area contributed by atoms with Crippen molar-refractivity contribution in [3.8, 4) is 0 Å². The number of nitrogens with two attached hydrogens (primary N) is 1. The highest BCUT2D eigenvalue weighted by Gasteiger charge is 2.28. The number of carbonyl (C=O) groups excluding carboxylic acids is 1. The van der Waals surface area contributed by atoms with E-state index in [1.807, 2.05) is 35.2 Å². The van der Waals surface area contributed by atoms with Gasteiger partial charge in [0, 0.05) is 36.1 Å². The Kier molecular flexibility index (Phi) is 6.07. The summed E-state index contributed by atoms with van der Waals surface area (Å²) in [6, 6.07) is 10.2. The molecule has 2 aromatic rings. The van der Waals surface area contributed by atoms with Crippen molar-refractivity contribution in [1.82, 2.24) is 9.88 Å². The van der Waals surface area contributed by atoms with Gasteiger partial charge in [0.15, 0.2) is 0 Å². The lowest BCUT2D eigenvalue weighted by Crippen LogP contribution is -2.42. The van der Waals surface area contributed by atoms with Crippen molar-refractivity contribution in [2.24, 2.45) is 5.73 Å². The van der Waals surface area contributed by atoms with E-state index in [2.05, 4.69) is 0 Å². The first-order valence-corrected chi connectivity index (χ1v) is 8.17. The largest absolute Gasteiger partial charge is 0.339 e. The Labute approximate surface area is 154 Å². The fourth-order valence-electron chi connectivity index (χ4n) is 3.23. The fraction of sp³-hybridized carbons (Fsp3) is 0.444. The summed E-state index contributed by atoms with van der Waals surface area (Å²) in [4.78, 5) is 19.7. The molecule has 0 radical (unpaired) electrons. The van der Waals surface area contributed by atoms with Gasteiger partial charge >= 0.3 is 0 Å². The van der Waals surface area contributed by atoms with Gasteiger partial charge in [0.25, 0.3) is 5.91 Å². The van der Waals surface area contributed by atoms with Crippen molar-refractivity contribution >= 4 is 41.6 Å². The number of hydrogen-bond donors (Lipinski definition) is 1. The summed E-state index contributed by atoms with van der Waals surface area (Å²) in [5.41, 5.74) is 8.77. The molecule has 2 heterocycles. The number of carbonyl (C=O) groups is 1. The van der Waals surface area contributed by atoms with Crippen LogP contribution in [0.15, 0.2) is 30.3 Å². The zero-order valence-electron chi connectivity index (χ0n) is 13.5. The molecular weight excluding hydrogens is 345 g/mol. The molecular formula is C18H23Cl2N3O. The third-order valence-corrected chi connectivity index (χ3v) is 4.79. The number of hydrogen-bond acceptors (Lipinski definition) is 3. The van der Waals surface area contributed by atoms with Gasteiger partial charge in [0.05, 0.1) is 11.1 Å². The second-order valence-corrected chi connectivity index (χ2v) is 6.52. The number of halogens is 2. The van der Waals surface area contributed by atoms with E-state index in [1.54, 1.807) is 0 Å².